The largest absolute Gasteiger partial charge is 0.457 e. The number of aromatic nitrogens is 2. The molecule has 0 N–H and O–H groups in total. The van der Waals surface area contributed by atoms with Crippen molar-refractivity contribution in [2.24, 2.45) is 5.92 Å². The van der Waals surface area contributed by atoms with Crippen LogP contribution in [0.25, 0.3) is 39.1 Å². The van der Waals surface area contributed by atoms with Crippen molar-refractivity contribution in [1.82, 2.24) is 9.97 Å². The third-order valence-electron chi connectivity index (χ3n) is 10.2. The molecule has 6 aromatic rings. The van der Waals surface area contributed by atoms with Crippen LogP contribution >= 0.6 is 0 Å². The SMILES string of the molecule is CC1CC=CC2=C1c1ccccc1C21c2ccccc2Oc2ccc(-c3nc(-c4ccc5cc4C5)c4ccccc4n3)cc21. The molecule has 44 heavy (non-hydrogen) atoms. The molecule has 1 aliphatic heterocycles. The Hall–Kier alpha value is -5.28. The van der Waals surface area contributed by atoms with Gasteiger partial charge in [0.1, 0.15) is 11.5 Å². The Morgan fingerprint density at radius 2 is 1.52 bits per heavy atom. The number of hydrogen-bond donors (Lipinski definition) is 0. The fourth-order valence-electron chi connectivity index (χ4n) is 8.19. The molecule has 0 fully saturated rings. The van der Waals surface area contributed by atoms with E-state index in [0.29, 0.717) is 5.92 Å². The number of fused-ring (bicyclic) bond motifs is 11. The van der Waals surface area contributed by atoms with Gasteiger partial charge in [-0.2, -0.15) is 0 Å². The first kappa shape index (κ1) is 24.2. The van der Waals surface area contributed by atoms with Gasteiger partial charge >= 0.3 is 0 Å². The quantitative estimate of drug-likeness (QED) is 0.210. The maximum absolute atomic E-state index is 6.67. The second kappa shape index (κ2) is 8.64. The second-order valence-corrected chi connectivity index (χ2v) is 12.6. The van der Waals surface area contributed by atoms with Crippen molar-refractivity contribution in [3.8, 4) is 34.1 Å². The molecule has 1 spiro atoms. The van der Waals surface area contributed by atoms with Gasteiger partial charge in [0.15, 0.2) is 5.82 Å². The number of para-hydroxylation sites is 2. The van der Waals surface area contributed by atoms with E-state index < -0.39 is 5.41 Å². The smallest absolute Gasteiger partial charge is 0.160 e. The van der Waals surface area contributed by atoms with Crippen LogP contribution in [0.2, 0.25) is 0 Å². The summed E-state index contributed by atoms with van der Waals surface area (Å²) < 4.78 is 6.67. The van der Waals surface area contributed by atoms with E-state index in [-0.39, 0.29) is 0 Å². The Morgan fingerprint density at radius 3 is 2.41 bits per heavy atom. The molecule has 0 saturated heterocycles. The molecule has 0 radical (unpaired) electrons. The second-order valence-electron chi connectivity index (χ2n) is 12.6. The highest BCUT2D eigenvalue weighted by Crippen LogP contribution is 2.63. The molecule has 0 amide bonds. The predicted molar refractivity (Wildman–Crippen MR) is 176 cm³/mol. The Morgan fingerprint density at radius 1 is 0.727 bits per heavy atom. The van der Waals surface area contributed by atoms with Crippen molar-refractivity contribution >= 4 is 16.5 Å². The van der Waals surface area contributed by atoms with Gasteiger partial charge in [-0.05, 0) is 82.5 Å². The molecule has 5 aliphatic rings. The molecular weight excluding hydrogens is 536 g/mol. The van der Waals surface area contributed by atoms with E-state index in [1.54, 1.807) is 0 Å². The summed E-state index contributed by atoms with van der Waals surface area (Å²) in [4.78, 5) is 10.4. The summed E-state index contributed by atoms with van der Waals surface area (Å²) in [5.41, 5.74) is 14.2. The first-order valence-electron chi connectivity index (χ1n) is 15.5. The number of nitrogens with zero attached hydrogens (tertiary/aromatic N) is 2. The van der Waals surface area contributed by atoms with Crippen LogP contribution in [-0.4, -0.2) is 9.97 Å². The summed E-state index contributed by atoms with van der Waals surface area (Å²) in [6, 6.07) is 39.2. The van der Waals surface area contributed by atoms with E-state index in [0.717, 1.165) is 57.9 Å². The minimum Gasteiger partial charge on any atom is -0.457 e. The van der Waals surface area contributed by atoms with Crippen LogP contribution in [0.5, 0.6) is 11.5 Å². The molecule has 3 heteroatoms. The summed E-state index contributed by atoms with van der Waals surface area (Å²) in [5, 5.41) is 1.08. The van der Waals surface area contributed by atoms with Crippen LogP contribution in [0.15, 0.2) is 127 Å². The molecule has 2 bridgehead atoms. The predicted octanol–water partition coefficient (Wildman–Crippen LogP) is 9.67. The number of ether oxygens (including phenoxy) is 1. The average Bonchev–Trinajstić information content (AvgIpc) is 3.36. The van der Waals surface area contributed by atoms with Crippen LogP contribution < -0.4 is 4.74 Å². The summed E-state index contributed by atoms with van der Waals surface area (Å²) in [6.45, 7) is 2.36. The van der Waals surface area contributed by atoms with Crippen molar-refractivity contribution in [1.29, 1.82) is 0 Å². The van der Waals surface area contributed by atoms with Gasteiger partial charge in [-0.15, -0.1) is 0 Å². The molecule has 208 valence electrons. The van der Waals surface area contributed by atoms with E-state index in [9.17, 15) is 0 Å². The van der Waals surface area contributed by atoms with Crippen LogP contribution in [0.4, 0.5) is 0 Å². The summed E-state index contributed by atoms with van der Waals surface area (Å²) >= 11 is 0. The van der Waals surface area contributed by atoms with Crippen LogP contribution in [0, 0.1) is 5.92 Å². The number of benzene rings is 5. The third-order valence-corrected chi connectivity index (χ3v) is 10.2. The molecule has 11 rings (SSSR count). The van der Waals surface area contributed by atoms with E-state index in [1.807, 2.05) is 0 Å². The maximum atomic E-state index is 6.67. The molecule has 2 unspecified atom stereocenters. The fraction of sp³-hybridized carbons (Fsp3) is 0.122. The zero-order valence-corrected chi connectivity index (χ0v) is 24.3. The van der Waals surface area contributed by atoms with Crippen molar-refractivity contribution < 1.29 is 4.74 Å². The highest BCUT2D eigenvalue weighted by atomic mass is 16.5. The minimum atomic E-state index is -0.485. The van der Waals surface area contributed by atoms with E-state index >= 15 is 0 Å². The number of allylic oxidation sites excluding steroid dienone is 4. The molecule has 2 heterocycles. The van der Waals surface area contributed by atoms with Crippen molar-refractivity contribution in [3.05, 3.63) is 160 Å². The third kappa shape index (κ3) is 3.06. The lowest BCUT2D eigenvalue weighted by atomic mass is 9.64. The van der Waals surface area contributed by atoms with Crippen LogP contribution in [-0.2, 0) is 11.8 Å². The monoisotopic (exact) mass is 564 g/mol. The maximum Gasteiger partial charge on any atom is 0.160 e. The van der Waals surface area contributed by atoms with Crippen LogP contribution in [0.3, 0.4) is 0 Å². The van der Waals surface area contributed by atoms with Gasteiger partial charge in [0, 0.05) is 27.6 Å². The molecule has 3 nitrogen and oxygen atoms in total. The molecule has 0 saturated carbocycles. The van der Waals surface area contributed by atoms with Gasteiger partial charge in [-0.3, -0.25) is 0 Å². The lowest BCUT2D eigenvalue weighted by Crippen LogP contribution is -2.33. The average molecular weight is 565 g/mol. The summed E-state index contributed by atoms with van der Waals surface area (Å²) in [6.07, 6.45) is 6.79. The molecule has 2 atom stereocenters. The normalized spacial score (nSPS) is 20.1. The first-order valence-corrected chi connectivity index (χ1v) is 15.5. The lowest BCUT2D eigenvalue weighted by Gasteiger charge is -2.40. The van der Waals surface area contributed by atoms with E-state index in [4.69, 9.17) is 14.7 Å². The molecule has 4 aliphatic carbocycles. The van der Waals surface area contributed by atoms with Gasteiger partial charge in [0.2, 0.25) is 0 Å². The molecule has 1 aromatic heterocycles. The first-order chi connectivity index (χ1) is 21.7. The highest BCUT2D eigenvalue weighted by Gasteiger charge is 2.52. The Balaban J connectivity index is 1.26. The Bertz CT molecular complexity index is 2290. The summed E-state index contributed by atoms with van der Waals surface area (Å²) in [5.74, 6) is 2.97. The van der Waals surface area contributed by atoms with Gasteiger partial charge in [-0.25, -0.2) is 9.97 Å². The number of rotatable bonds is 2. The zero-order chi connectivity index (χ0) is 29.0. The Labute approximate surface area is 256 Å². The number of hydrogen-bond acceptors (Lipinski definition) is 3. The van der Waals surface area contributed by atoms with Gasteiger partial charge in [0.05, 0.1) is 16.6 Å². The van der Waals surface area contributed by atoms with E-state index in [2.05, 4.69) is 128 Å². The zero-order valence-electron chi connectivity index (χ0n) is 24.3. The Kier molecular flexibility index (Phi) is 4.75. The summed E-state index contributed by atoms with van der Waals surface area (Å²) in [7, 11) is 0. The minimum absolute atomic E-state index is 0.433. The molecule has 5 aromatic carbocycles. The fourth-order valence-corrected chi connectivity index (χ4v) is 8.19. The van der Waals surface area contributed by atoms with Gasteiger partial charge < -0.3 is 4.74 Å². The van der Waals surface area contributed by atoms with Gasteiger partial charge in [-0.1, -0.05) is 97.9 Å². The van der Waals surface area contributed by atoms with Crippen LogP contribution in [0.1, 0.15) is 46.7 Å². The standard InChI is InChI=1S/C41H28N2O/c1-24-9-8-14-33-38(24)29-10-2-4-12-31(29)41(33)32-13-5-7-16-36(32)44-37-20-18-26(23-34(37)41)40-42-35-15-6-3-11-30(35)39(43-40)28-19-17-25-21-27(28)22-25/h2-8,10-21,23-24H,9,22H2,1H3. The van der Waals surface area contributed by atoms with Gasteiger partial charge in [0.25, 0.3) is 0 Å². The van der Waals surface area contributed by atoms with Crippen molar-refractivity contribution in [3.63, 3.8) is 0 Å². The van der Waals surface area contributed by atoms with Crippen molar-refractivity contribution in [2.75, 3.05) is 0 Å². The van der Waals surface area contributed by atoms with E-state index in [1.165, 1.54) is 44.5 Å². The van der Waals surface area contributed by atoms with Crippen molar-refractivity contribution in [2.45, 2.75) is 25.2 Å². The molecular formula is C41H28N2O. The highest BCUT2D eigenvalue weighted by molar-refractivity contribution is 5.95. The lowest BCUT2D eigenvalue weighted by molar-refractivity contribution is 0.435. The topological polar surface area (TPSA) is 35.0 Å².